The van der Waals surface area contributed by atoms with Gasteiger partial charge in [0.05, 0.1) is 16.1 Å². The zero-order valence-electron chi connectivity index (χ0n) is 18.1. The van der Waals surface area contributed by atoms with Crippen LogP contribution in [0.5, 0.6) is 0 Å². The highest BCUT2D eigenvalue weighted by molar-refractivity contribution is 6.33. The molecule has 3 rings (SSSR count). The molecule has 12 heteroatoms. The largest absolute Gasteiger partial charge is 0.409 e. The molecule has 0 atom stereocenters. The maximum absolute atomic E-state index is 14.0. The molecule has 2 heterocycles. The van der Waals surface area contributed by atoms with Crippen LogP contribution in [-0.4, -0.2) is 55.0 Å². The third kappa shape index (κ3) is 5.59. The van der Waals surface area contributed by atoms with Crippen LogP contribution in [0.15, 0.2) is 29.4 Å². The van der Waals surface area contributed by atoms with Gasteiger partial charge in [-0.05, 0) is 30.7 Å². The van der Waals surface area contributed by atoms with Crippen LogP contribution in [0.2, 0.25) is 5.02 Å². The number of amidine groups is 1. The van der Waals surface area contributed by atoms with Crippen molar-refractivity contribution in [3.05, 3.63) is 46.2 Å². The molecule has 178 valence electrons. The van der Waals surface area contributed by atoms with E-state index in [1.807, 2.05) is 0 Å². The Labute approximate surface area is 193 Å². The van der Waals surface area contributed by atoms with Crippen LogP contribution in [0.3, 0.4) is 0 Å². The van der Waals surface area contributed by atoms with E-state index in [0.29, 0.717) is 12.4 Å². The number of pyridine rings is 1. The average Bonchev–Trinajstić information content (AvgIpc) is 2.94. The van der Waals surface area contributed by atoms with Gasteiger partial charge in [0.1, 0.15) is 17.5 Å². The Morgan fingerprint density at radius 3 is 2.67 bits per heavy atom. The molecule has 0 saturated carbocycles. The Morgan fingerprint density at radius 1 is 1.27 bits per heavy atom. The number of carbonyl (C=O) groups excluding carboxylic acids is 1. The minimum Gasteiger partial charge on any atom is -0.409 e. The lowest BCUT2D eigenvalue weighted by Gasteiger charge is -2.26. The fourth-order valence-corrected chi connectivity index (χ4v) is 3.84. The van der Waals surface area contributed by atoms with E-state index in [1.165, 1.54) is 18.2 Å². The van der Waals surface area contributed by atoms with Crippen molar-refractivity contribution in [2.75, 3.05) is 42.3 Å². The van der Waals surface area contributed by atoms with Crippen LogP contribution in [0.1, 0.15) is 35.2 Å². The maximum atomic E-state index is 14.0. The van der Waals surface area contributed by atoms with Crippen LogP contribution in [0, 0.1) is 5.82 Å². The summed E-state index contributed by atoms with van der Waals surface area (Å²) < 4.78 is 41.8. The number of alkyl halides is 2. The summed E-state index contributed by atoms with van der Waals surface area (Å²) in [4.78, 5) is 21.0. The van der Waals surface area contributed by atoms with Crippen molar-refractivity contribution in [2.45, 2.75) is 25.2 Å². The van der Waals surface area contributed by atoms with Gasteiger partial charge < -0.3 is 26.1 Å². The van der Waals surface area contributed by atoms with E-state index < -0.39 is 23.5 Å². The molecular formula is C21H24ClF3N6O2. The fourth-order valence-electron chi connectivity index (χ4n) is 3.52. The van der Waals surface area contributed by atoms with Gasteiger partial charge in [-0.3, -0.25) is 4.79 Å². The Kier molecular flexibility index (Phi) is 7.21. The number of carbonyl (C=O) groups is 1. The molecule has 0 unspecified atom stereocenters. The number of benzene rings is 1. The second kappa shape index (κ2) is 9.74. The number of halogens is 4. The molecule has 1 aromatic carbocycles. The molecule has 8 nitrogen and oxygen atoms in total. The molecule has 33 heavy (non-hydrogen) atoms. The quantitative estimate of drug-likeness (QED) is 0.257. The molecule has 1 saturated heterocycles. The minimum atomic E-state index is -2.79. The molecule has 2 aromatic rings. The molecule has 1 aliphatic rings. The number of hydrogen-bond donors (Lipinski definition) is 3. The van der Waals surface area contributed by atoms with Gasteiger partial charge in [-0.25, -0.2) is 18.2 Å². The SMILES string of the molecule is CN(C)c1nc(N2CCCC(F)(F)CC2)c(C(=O)Nc2ccc(F)c(C(N)=NO)c2)cc1Cl. The van der Waals surface area contributed by atoms with E-state index in [1.54, 1.807) is 23.9 Å². The van der Waals surface area contributed by atoms with Gasteiger partial charge in [-0.15, -0.1) is 0 Å². The van der Waals surface area contributed by atoms with Crippen molar-refractivity contribution in [1.29, 1.82) is 0 Å². The lowest BCUT2D eigenvalue weighted by Crippen LogP contribution is -2.30. The highest BCUT2D eigenvalue weighted by Gasteiger charge is 2.33. The third-order valence-electron chi connectivity index (χ3n) is 5.23. The molecule has 0 spiro atoms. The van der Waals surface area contributed by atoms with Gasteiger partial charge >= 0.3 is 0 Å². The highest BCUT2D eigenvalue weighted by atomic mass is 35.5. The Morgan fingerprint density at radius 2 is 2.00 bits per heavy atom. The van der Waals surface area contributed by atoms with Crippen molar-refractivity contribution in [3.8, 4) is 0 Å². The first-order valence-corrected chi connectivity index (χ1v) is 10.5. The number of amides is 1. The standard InChI is InChI=1S/C21H24ClF3N6O2/c1-30(2)19-15(22)11-14(18(28-19)31-8-3-6-21(24,25)7-9-31)20(32)27-12-4-5-16(23)13(10-12)17(26)29-33/h4-5,10-11,33H,3,6-9H2,1-2H3,(H2,26,29)(H,27,32). The number of nitrogens with one attached hydrogen (secondary N) is 1. The van der Waals surface area contributed by atoms with Crippen LogP contribution >= 0.6 is 11.6 Å². The van der Waals surface area contributed by atoms with Crippen molar-refractivity contribution >= 4 is 40.7 Å². The summed E-state index contributed by atoms with van der Waals surface area (Å²) in [5, 5.41) is 14.4. The van der Waals surface area contributed by atoms with E-state index in [0.717, 1.165) is 6.07 Å². The predicted molar refractivity (Wildman–Crippen MR) is 121 cm³/mol. The molecule has 0 bridgehead atoms. The first kappa shape index (κ1) is 24.4. The molecular weight excluding hydrogens is 461 g/mol. The van der Waals surface area contributed by atoms with Gasteiger partial charge in [0, 0.05) is 45.7 Å². The van der Waals surface area contributed by atoms with Gasteiger partial charge in [0.2, 0.25) is 5.92 Å². The summed E-state index contributed by atoms with van der Waals surface area (Å²) in [5.74, 6) is -4.01. The Bertz CT molecular complexity index is 1080. The lowest BCUT2D eigenvalue weighted by atomic mass is 10.1. The van der Waals surface area contributed by atoms with E-state index in [-0.39, 0.29) is 53.5 Å². The first-order valence-electron chi connectivity index (χ1n) is 10.1. The molecule has 4 N–H and O–H groups in total. The van der Waals surface area contributed by atoms with E-state index in [9.17, 15) is 18.0 Å². The van der Waals surface area contributed by atoms with Crippen molar-refractivity contribution in [2.24, 2.45) is 10.9 Å². The second-order valence-corrected chi connectivity index (χ2v) is 8.30. The zero-order chi connectivity index (χ0) is 24.3. The van der Waals surface area contributed by atoms with Crippen molar-refractivity contribution in [3.63, 3.8) is 0 Å². The molecule has 0 radical (unpaired) electrons. The van der Waals surface area contributed by atoms with Crippen LogP contribution in [0.4, 0.5) is 30.5 Å². The molecule has 1 amide bonds. The summed E-state index contributed by atoms with van der Waals surface area (Å²) in [6.45, 7) is 0.306. The van der Waals surface area contributed by atoms with Crippen molar-refractivity contribution in [1.82, 2.24) is 4.98 Å². The number of nitrogens with two attached hydrogens (primary N) is 1. The number of aromatic nitrogens is 1. The second-order valence-electron chi connectivity index (χ2n) is 7.89. The summed E-state index contributed by atoms with van der Waals surface area (Å²) in [7, 11) is 3.45. The number of hydrogen-bond acceptors (Lipinski definition) is 6. The predicted octanol–water partition coefficient (Wildman–Crippen LogP) is 3.91. The monoisotopic (exact) mass is 484 g/mol. The number of oxime groups is 1. The topological polar surface area (TPSA) is 107 Å². The van der Waals surface area contributed by atoms with Gasteiger partial charge in [-0.2, -0.15) is 0 Å². The van der Waals surface area contributed by atoms with Crippen LogP contribution in [0.25, 0.3) is 0 Å². The van der Waals surface area contributed by atoms with E-state index in [2.05, 4.69) is 15.5 Å². The molecule has 0 aliphatic carbocycles. The molecule has 1 aromatic heterocycles. The van der Waals surface area contributed by atoms with Crippen molar-refractivity contribution < 1.29 is 23.2 Å². The summed E-state index contributed by atoms with van der Waals surface area (Å²) in [6.07, 6.45) is -0.376. The highest BCUT2D eigenvalue weighted by Crippen LogP contribution is 2.34. The summed E-state index contributed by atoms with van der Waals surface area (Å²) in [6, 6.07) is 4.99. The Hall–Kier alpha value is -3.21. The van der Waals surface area contributed by atoms with Gasteiger partial charge in [0.25, 0.3) is 5.91 Å². The molecule has 1 fully saturated rings. The minimum absolute atomic E-state index is 0.0129. The maximum Gasteiger partial charge on any atom is 0.259 e. The Balaban J connectivity index is 1.99. The summed E-state index contributed by atoms with van der Waals surface area (Å²) in [5.41, 5.74) is 5.52. The average molecular weight is 485 g/mol. The lowest BCUT2D eigenvalue weighted by molar-refractivity contribution is -0.0102. The van der Waals surface area contributed by atoms with Gasteiger partial charge in [0.15, 0.2) is 5.84 Å². The smallest absolute Gasteiger partial charge is 0.259 e. The van der Waals surface area contributed by atoms with Crippen LogP contribution < -0.4 is 20.9 Å². The van der Waals surface area contributed by atoms with Crippen LogP contribution in [-0.2, 0) is 0 Å². The van der Waals surface area contributed by atoms with E-state index in [4.69, 9.17) is 22.5 Å². The number of anilines is 3. The fraction of sp³-hybridized carbons (Fsp3) is 0.381. The molecule has 1 aliphatic heterocycles. The first-order chi connectivity index (χ1) is 15.5. The number of nitrogens with zero attached hydrogens (tertiary/aromatic N) is 4. The zero-order valence-corrected chi connectivity index (χ0v) is 18.8. The normalized spacial score (nSPS) is 16.3. The van der Waals surface area contributed by atoms with Gasteiger partial charge in [-0.1, -0.05) is 16.8 Å². The number of rotatable bonds is 5. The summed E-state index contributed by atoms with van der Waals surface area (Å²) >= 11 is 6.33. The third-order valence-corrected chi connectivity index (χ3v) is 5.51. The van der Waals surface area contributed by atoms with E-state index >= 15 is 0 Å².